The van der Waals surface area contributed by atoms with Crippen molar-refractivity contribution in [2.24, 2.45) is 11.3 Å². The van der Waals surface area contributed by atoms with Crippen LogP contribution in [0.3, 0.4) is 0 Å². The average molecular weight is 323 g/mol. The normalized spacial score (nSPS) is 25.8. The Labute approximate surface area is 139 Å². The predicted molar refractivity (Wildman–Crippen MR) is 92.3 cm³/mol. The number of nitrogens with zero attached hydrogens (tertiary/aromatic N) is 1. The van der Waals surface area contributed by atoms with Crippen molar-refractivity contribution in [3.8, 4) is 0 Å². The Morgan fingerprint density at radius 2 is 1.95 bits per heavy atom. The van der Waals surface area contributed by atoms with Gasteiger partial charge >= 0.3 is 0 Å². The van der Waals surface area contributed by atoms with E-state index in [1.54, 1.807) is 0 Å². The van der Waals surface area contributed by atoms with Crippen LogP contribution >= 0.6 is 12.4 Å². The molecule has 2 saturated heterocycles. The van der Waals surface area contributed by atoms with Crippen LogP contribution in [-0.2, 0) is 11.2 Å². The third-order valence-electron chi connectivity index (χ3n) is 5.15. The lowest BCUT2D eigenvalue weighted by Crippen LogP contribution is -2.47. The molecular formula is C18H27ClN2O. The van der Waals surface area contributed by atoms with Gasteiger partial charge in [0, 0.05) is 19.6 Å². The zero-order chi connectivity index (χ0) is 14.7. The first kappa shape index (κ1) is 17.3. The highest BCUT2D eigenvalue weighted by molar-refractivity contribution is 5.85. The van der Waals surface area contributed by atoms with Crippen LogP contribution in [0, 0.1) is 11.3 Å². The van der Waals surface area contributed by atoms with E-state index in [2.05, 4.69) is 47.5 Å². The third kappa shape index (κ3) is 3.82. The van der Waals surface area contributed by atoms with E-state index in [0.29, 0.717) is 5.91 Å². The number of amides is 1. The summed E-state index contributed by atoms with van der Waals surface area (Å²) in [4.78, 5) is 14.8. The molecule has 0 aromatic heterocycles. The zero-order valence-corrected chi connectivity index (χ0v) is 14.2. The van der Waals surface area contributed by atoms with Gasteiger partial charge in [-0.25, -0.2) is 0 Å². The Hall–Kier alpha value is -1.06. The largest absolute Gasteiger partial charge is 0.342 e. The number of nitrogens with one attached hydrogen (secondary N) is 1. The lowest BCUT2D eigenvalue weighted by atomic mass is 9.85. The molecule has 1 aromatic carbocycles. The molecule has 0 radical (unpaired) electrons. The van der Waals surface area contributed by atoms with Gasteiger partial charge in [-0.1, -0.05) is 30.3 Å². The van der Waals surface area contributed by atoms with Crippen LogP contribution < -0.4 is 5.32 Å². The van der Waals surface area contributed by atoms with E-state index in [4.69, 9.17) is 0 Å². The minimum Gasteiger partial charge on any atom is -0.342 e. The molecule has 4 heteroatoms. The number of piperidine rings is 1. The monoisotopic (exact) mass is 322 g/mol. The molecule has 3 nitrogen and oxygen atoms in total. The minimum atomic E-state index is -0.160. The fraction of sp³-hybridized carbons (Fsp3) is 0.611. The average Bonchev–Trinajstić information content (AvgIpc) is 2.96. The number of hydrogen-bond acceptors (Lipinski definition) is 2. The standard InChI is InChI=1S/C18H26N2O.ClH/c1-18(9-10-19-14-18)17(21)20-11-7-16(8-12-20)13-15-5-3-2-4-6-15;/h2-6,16,19H,7-14H2,1H3;1H. The van der Waals surface area contributed by atoms with Crippen molar-refractivity contribution in [3.63, 3.8) is 0 Å². The highest BCUT2D eigenvalue weighted by Gasteiger charge is 2.39. The van der Waals surface area contributed by atoms with E-state index in [1.165, 1.54) is 5.56 Å². The van der Waals surface area contributed by atoms with E-state index in [0.717, 1.165) is 57.8 Å². The number of carbonyl (C=O) groups is 1. The maximum absolute atomic E-state index is 12.7. The quantitative estimate of drug-likeness (QED) is 0.928. The smallest absolute Gasteiger partial charge is 0.229 e. The van der Waals surface area contributed by atoms with Crippen molar-refractivity contribution in [2.75, 3.05) is 26.2 Å². The highest BCUT2D eigenvalue weighted by atomic mass is 35.5. The number of halogens is 1. The molecule has 1 aromatic rings. The molecule has 0 bridgehead atoms. The fourth-order valence-electron chi connectivity index (χ4n) is 3.67. The molecule has 2 aliphatic heterocycles. The number of carbonyl (C=O) groups excluding carboxylic acids is 1. The van der Waals surface area contributed by atoms with Crippen LogP contribution in [0.5, 0.6) is 0 Å². The molecule has 2 fully saturated rings. The topological polar surface area (TPSA) is 32.3 Å². The number of hydrogen-bond donors (Lipinski definition) is 1. The SMILES string of the molecule is CC1(C(=O)N2CCC(Cc3ccccc3)CC2)CCNC1.Cl. The van der Waals surface area contributed by atoms with Crippen molar-refractivity contribution in [1.82, 2.24) is 10.2 Å². The first-order chi connectivity index (χ1) is 10.2. The lowest BCUT2D eigenvalue weighted by molar-refractivity contribution is -0.141. The molecule has 0 aliphatic carbocycles. The highest BCUT2D eigenvalue weighted by Crippen LogP contribution is 2.30. The summed E-state index contributed by atoms with van der Waals surface area (Å²) in [5.41, 5.74) is 1.26. The number of benzene rings is 1. The van der Waals surface area contributed by atoms with Crippen LogP contribution in [-0.4, -0.2) is 37.0 Å². The van der Waals surface area contributed by atoms with Crippen LogP contribution in [0.25, 0.3) is 0 Å². The molecule has 1 amide bonds. The Kier molecular flexibility index (Phi) is 5.87. The summed E-state index contributed by atoms with van der Waals surface area (Å²) in [5, 5.41) is 3.33. The Balaban J connectivity index is 0.00000176. The second kappa shape index (κ2) is 7.47. The summed E-state index contributed by atoms with van der Waals surface area (Å²) in [6.45, 7) is 5.81. The first-order valence-corrected chi connectivity index (χ1v) is 8.21. The molecule has 0 saturated carbocycles. The minimum absolute atomic E-state index is 0. The second-order valence-electron chi connectivity index (χ2n) is 6.91. The van der Waals surface area contributed by atoms with Crippen molar-refractivity contribution < 1.29 is 4.79 Å². The number of likely N-dealkylation sites (tertiary alicyclic amines) is 1. The van der Waals surface area contributed by atoms with Crippen molar-refractivity contribution in [2.45, 2.75) is 32.6 Å². The fourth-order valence-corrected chi connectivity index (χ4v) is 3.67. The van der Waals surface area contributed by atoms with Crippen LogP contribution in [0.4, 0.5) is 0 Å². The van der Waals surface area contributed by atoms with Gasteiger partial charge in [0.2, 0.25) is 5.91 Å². The maximum atomic E-state index is 12.7. The molecule has 1 N–H and O–H groups in total. The molecule has 1 unspecified atom stereocenters. The van der Waals surface area contributed by atoms with Gasteiger partial charge in [0.05, 0.1) is 5.41 Å². The molecule has 2 aliphatic rings. The van der Waals surface area contributed by atoms with E-state index in [9.17, 15) is 4.79 Å². The summed E-state index contributed by atoms with van der Waals surface area (Å²) in [7, 11) is 0. The predicted octanol–water partition coefficient (Wildman–Crippen LogP) is 2.89. The van der Waals surface area contributed by atoms with Gasteiger partial charge < -0.3 is 10.2 Å². The molecule has 22 heavy (non-hydrogen) atoms. The van der Waals surface area contributed by atoms with Gasteiger partial charge in [-0.2, -0.15) is 0 Å². The second-order valence-corrected chi connectivity index (χ2v) is 6.91. The first-order valence-electron chi connectivity index (χ1n) is 8.21. The van der Waals surface area contributed by atoms with Crippen LogP contribution in [0.1, 0.15) is 31.7 Å². The van der Waals surface area contributed by atoms with Gasteiger partial charge in [-0.05, 0) is 50.6 Å². The Morgan fingerprint density at radius 3 is 2.55 bits per heavy atom. The van der Waals surface area contributed by atoms with Gasteiger partial charge in [-0.3, -0.25) is 4.79 Å². The molecule has 3 rings (SSSR count). The molecule has 0 spiro atoms. The molecule has 122 valence electrons. The van der Waals surface area contributed by atoms with Crippen molar-refractivity contribution in [3.05, 3.63) is 35.9 Å². The van der Waals surface area contributed by atoms with Gasteiger partial charge in [-0.15, -0.1) is 12.4 Å². The van der Waals surface area contributed by atoms with E-state index in [-0.39, 0.29) is 17.8 Å². The third-order valence-corrected chi connectivity index (χ3v) is 5.15. The zero-order valence-electron chi connectivity index (χ0n) is 13.4. The lowest BCUT2D eigenvalue weighted by Gasteiger charge is -2.36. The van der Waals surface area contributed by atoms with Crippen LogP contribution in [0.15, 0.2) is 30.3 Å². The summed E-state index contributed by atoms with van der Waals surface area (Å²) in [6, 6.07) is 10.7. The molecule has 1 atom stereocenters. The summed E-state index contributed by atoms with van der Waals surface area (Å²) < 4.78 is 0. The summed E-state index contributed by atoms with van der Waals surface area (Å²) in [6.07, 6.45) is 4.42. The van der Waals surface area contributed by atoms with Gasteiger partial charge in [0.25, 0.3) is 0 Å². The molecule has 2 heterocycles. The van der Waals surface area contributed by atoms with Crippen molar-refractivity contribution >= 4 is 18.3 Å². The van der Waals surface area contributed by atoms with E-state index in [1.807, 2.05) is 0 Å². The van der Waals surface area contributed by atoms with Gasteiger partial charge in [0.1, 0.15) is 0 Å². The Bertz CT molecular complexity index is 477. The Morgan fingerprint density at radius 1 is 1.27 bits per heavy atom. The summed E-state index contributed by atoms with van der Waals surface area (Å²) in [5.74, 6) is 1.09. The molecular weight excluding hydrogens is 296 g/mol. The maximum Gasteiger partial charge on any atom is 0.229 e. The van der Waals surface area contributed by atoms with E-state index >= 15 is 0 Å². The summed E-state index contributed by atoms with van der Waals surface area (Å²) >= 11 is 0. The van der Waals surface area contributed by atoms with Gasteiger partial charge in [0.15, 0.2) is 0 Å². The van der Waals surface area contributed by atoms with Crippen LogP contribution in [0.2, 0.25) is 0 Å². The van der Waals surface area contributed by atoms with E-state index < -0.39 is 0 Å². The number of rotatable bonds is 3. The van der Waals surface area contributed by atoms with Crippen molar-refractivity contribution in [1.29, 1.82) is 0 Å².